The molecule has 1 aliphatic rings. The smallest absolute Gasteiger partial charge is 0.250 e. The molecule has 0 radical (unpaired) electrons. The van der Waals surface area contributed by atoms with Crippen LogP contribution in [0.5, 0.6) is 0 Å². The second-order valence-corrected chi connectivity index (χ2v) is 6.13. The zero-order chi connectivity index (χ0) is 16.4. The Morgan fingerprint density at radius 2 is 2.13 bits per heavy atom. The first kappa shape index (κ1) is 15.9. The second-order valence-electron chi connectivity index (χ2n) is 5.69. The fourth-order valence-electron chi connectivity index (χ4n) is 2.63. The average Bonchev–Trinajstić information content (AvgIpc) is 3.06. The van der Waals surface area contributed by atoms with Crippen molar-refractivity contribution in [2.24, 2.45) is 0 Å². The van der Waals surface area contributed by atoms with E-state index in [1.54, 1.807) is 24.3 Å². The molecule has 7 heteroatoms. The molecule has 3 rings (SSSR count). The third-order valence-corrected chi connectivity index (χ3v) is 4.01. The number of halogens is 3. The molecule has 0 bridgehead atoms. The van der Waals surface area contributed by atoms with Gasteiger partial charge in [0.25, 0.3) is 0 Å². The van der Waals surface area contributed by atoms with Gasteiger partial charge in [-0.1, -0.05) is 11.6 Å². The van der Waals surface area contributed by atoms with Gasteiger partial charge in [-0.15, -0.1) is 0 Å². The van der Waals surface area contributed by atoms with E-state index in [4.69, 9.17) is 16.0 Å². The van der Waals surface area contributed by atoms with Crippen molar-refractivity contribution in [3.05, 3.63) is 41.2 Å². The van der Waals surface area contributed by atoms with Crippen LogP contribution in [0.2, 0.25) is 5.02 Å². The summed E-state index contributed by atoms with van der Waals surface area (Å²) in [5, 5.41) is 3.23. The van der Waals surface area contributed by atoms with Crippen molar-refractivity contribution in [3.63, 3.8) is 0 Å². The van der Waals surface area contributed by atoms with Crippen molar-refractivity contribution in [1.29, 1.82) is 0 Å². The maximum atomic E-state index is 13.1. The van der Waals surface area contributed by atoms with E-state index in [0.717, 1.165) is 5.56 Å². The zero-order valence-electron chi connectivity index (χ0n) is 12.2. The van der Waals surface area contributed by atoms with Gasteiger partial charge in [0, 0.05) is 29.5 Å². The van der Waals surface area contributed by atoms with E-state index < -0.39 is 12.0 Å². The summed E-state index contributed by atoms with van der Waals surface area (Å²) in [6.07, 6.45) is 1.22. The Hall–Kier alpha value is -1.95. The summed E-state index contributed by atoms with van der Waals surface area (Å²) in [6, 6.07) is 6.48. The van der Waals surface area contributed by atoms with Gasteiger partial charge in [-0.2, -0.15) is 0 Å². The molecule has 4 nitrogen and oxygen atoms in total. The Morgan fingerprint density at radius 3 is 2.78 bits per heavy atom. The maximum absolute atomic E-state index is 13.1. The van der Waals surface area contributed by atoms with Gasteiger partial charge in [0.05, 0.1) is 12.1 Å². The molecule has 1 aliphatic carbocycles. The molecule has 0 spiro atoms. The molecule has 23 heavy (non-hydrogen) atoms. The van der Waals surface area contributed by atoms with Crippen molar-refractivity contribution < 1.29 is 18.0 Å². The van der Waals surface area contributed by atoms with Crippen LogP contribution >= 0.6 is 11.6 Å². The van der Waals surface area contributed by atoms with E-state index in [1.165, 1.54) is 6.26 Å². The minimum Gasteiger partial charge on any atom is -0.444 e. The van der Waals surface area contributed by atoms with E-state index in [9.17, 15) is 13.6 Å². The molecule has 1 saturated carbocycles. The fraction of sp³-hybridized carbons (Fsp3) is 0.375. The number of nitrogens with one attached hydrogen (secondary N) is 1. The van der Waals surface area contributed by atoms with E-state index in [0.29, 0.717) is 23.0 Å². The Morgan fingerprint density at radius 1 is 1.39 bits per heavy atom. The van der Waals surface area contributed by atoms with E-state index >= 15 is 0 Å². The van der Waals surface area contributed by atoms with Crippen LogP contribution in [0, 0.1) is 0 Å². The predicted octanol–water partition coefficient (Wildman–Crippen LogP) is 3.84. The molecule has 1 aromatic heterocycles. The van der Waals surface area contributed by atoms with Crippen LogP contribution in [0.1, 0.15) is 25.0 Å². The minimum atomic E-state index is -2.67. The monoisotopic (exact) mass is 340 g/mol. The van der Waals surface area contributed by atoms with E-state index in [1.807, 2.05) is 0 Å². The molecule has 1 N–H and O–H groups in total. The van der Waals surface area contributed by atoms with Crippen LogP contribution in [-0.2, 0) is 11.2 Å². The molecule has 1 unspecified atom stereocenters. The number of oxazole rings is 1. The summed E-state index contributed by atoms with van der Waals surface area (Å²) in [6.45, 7) is 0. The van der Waals surface area contributed by atoms with Crippen LogP contribution in [0.4, 0.5) is 8.78 Å². The minimum absolute atomic E-state index is 0.000832. The van der Waals surface area contributed by atoms with Crippen molar-refractivity contribution in [1.82, 2.24) is 10.3 Å². The average molecular weight is 341 g/mol. The van der Waals surface area contributed by atoms with Gasteiger partial charge < -0.3 is 9.73 Å². The summed E-state index contributed by atoms with van der Waals surface area (Å²) in [4.78, 5) is 16.1. The van der Waals surface area contributed by atoms with E-state index in [2.05, 4.69) is 10.3 Å². The molecule has 0 aliphatic heterocycles. The first-order valence-corrected chi connectivity index (χ1v) is 7.67. The number of alkyl halides is 2. The molecule has 1 atom stereocenters. The van der Waals surface area contributed by atoms with Crippen molar-refractivity contribution in [2.75, 3.05) is 0 Å². The third-order valence-electron chi connectivity index (χ3n) is 3.75. The highest BCUT2D eigenvalue weighted by Gasteiger charge is 2.39. The molecule has 1 aromatic carbocycles. The lowest BCUT2D eigenvalue weighted by Crippen LogP contribution is -2.35. The first-order valence-electron chi connectivity index (χ1n) is 7.29. The number of hydrogen-bond donors (Lipinski definition) is 1. The highest BCUT2D eigenvalue weighted by molar-refractivity contribution is 6.30. The summed E-state index contributed by atoms with van der Waals surface area (Å²) in [5.41, 5.74) is 1.20. The molecule has 122 valence electrons. The first-order chi connectivity index (χ1) is 10.9. The number of aromatic nitrogens is 1. The van der Waals surface area contributed by atoms with Gasteiger partial charge in [-0.3, -0.25) is 4.79 Å². The van der Waals surface area contributed by atoms with Crippen LogP contribution in [0.3, 0.4) is 0 Å². The van der Waals surface area contributed by atoms with Crippen LogP contribution in [-0.4, -0.2) is 22.9 Å². The SMILES string of the molecule is O=C(Cc1coc(-c2ccc(Cl)cc2)n1)NC1CCC(F)(F)C1. The molecular weight excluding hydrogens is 326 g/mol. The standard InChI is InChI=1S/C16H15ClF2N2O2/c17-11-3-1-10(2-4-11)15-21-13(9-23-15)7-14(22)20-12-5-6-16(18,19)8-12/h1-4,9,12H,5-8H2,(H,20,22). The molecule has 2 aromatic rings. The molecular formula is C16H15ClF2N2O2. The Labute approximate surface area is 136 Å². The lowest BCUT2D eigenvalue weighted by atomic mass is 10.2. The molecule has 0 saturated heterocycles. The molecule has 1 amide bonds. The summed E-state index contributed by atoms with van der Waals surface area (Å²) in [5.74, 6) is -2.62. The van der Waals surface area contributed by atoms with Gasteiger partial charge in [-0.25, -0.2) is 13.8 Å². The summed E-state index contributed by atoms with van der Waals surface area (Å²) >= 11 is 5.82. The zero-order valence-corrected chi connectivity index (χ0v) is 12.9. The number of amides is 1. The number of rotatable bonds is 4. The Balaban J connectivity index is 1.58. The number of hydrogen-bond acceptors (Lipinski definition) is 3. The van der Waals surface area contributed by atoms with Crippen molar-refractivity contribution >= 4 is 17.5 Å². The Kier molecular flexibility index (Phi) is 4.35. The van der Waals surface area contributed by atoms with E-state index in [-0.39, 0.29) is 25.2 Å². The Bertz CT molecular complexity index is 700. The quantitative estimate of drug-likeness (QED) is 0.920. The number of benzene rings is 1. The van der Waals surface area contributed by atoms with Crippen molar-refractivity contribution in [3.8, 4) is 11.5 Å². The highest BCUT2D eigenvalue weighted by atomic mass is 35.5. The predicted molar refractivity (Wildman–Crippen MR) is 81.4 cm³/mol. The normalized spacial score (nSPS) is 19.7. The van der Waals surface area contributed by atoms with Gasteiger partial charge >= 0.3 is 0 Å². The van der Waals surface area contributed by atoms with Crippen LogP contribution in [0.15, 0.2) is 34.9 Å². The maximum Gasteiger partial charge on any atom is 0.250 e. The van der Waals surface area contributed by atoms with Crippen molar-refractivity contribution in [2.45, 2.75) is 37.6 Å². The summed E-state index contributed by atoms with van der Waals surface area (Å²) < 4.78 is 31.5. The van der Waals surface area contributed by atoms with Gasteiger partial charge in [0.15, 0.2) is 0 Å². The van der Waals surface area contributed by atoms with Gasteiger partial charge in [0.2, 0.25) is 17.7 Å². The third kappa shape index (κ3) is 4.07. The van der Waals surface area contributed by atoms with Crippen LogP contribution < -0.4 is 5.32 Å². The van der Waals surface area contributed by atoms with Gasteiger partial charge in [-0.05, 0) is 30.7 Å². The van der Waals surface area contributed by atoms with Gasteiger partial charge in [0.1, 0.15) is 6.26 Å². The lowest BCUT2D eigenvalue weighted by Gasteiger charge is -2.12. The number of carbonyl (C=O) groups excluding carboxylic acids is 1. The lowest BCUT2D eigenvalue weighted by molar-refractivity contribution is -0.121. The number of carbonyl (C=O) groups is 1. The molecule has 1 heterocycles. The summed E-state index contributed by atoms with van der Waals surface area (Å²) in [7, 11) is 0. The number of nitrogens with zero attached hydrogens (tertiary/aromatic N) is 1. The second kappa shape index (κ2) is 6.28. The topological polar surface area (TPSA) is 55.1 Å². The fourth-order valence-corrected chi connectivity index (χ4v) is 2.76. The van der Waals surface area contributed by atoms with Crippen LogP contribution in [0.25, 0.3) is 11.5 Å². The highest BCUT2D eigenvalue weighted by Crippen LogP contribution is 2.34. The largest absolute Gasteiger partial charge is 0.444 e. The molecule has 1 fully saturated rings.